The van der Waals surface area contributed by atoms with Crippen LogP contribution in [0.3, 0.4) is 0 Å². The van der Waals surface area contributed by atoms with Gasteiger partial charge in [-0.25, -0.2) is 13.2 Å². The van der Waals surface area contributed by atoms with E-state index in [1.54, 1.807) is 25.9 Å². The van der Waals surface area contributed by atoms with Crippen molar-refractivity contribution >= 4 is 18.1 Å². The molecule has 1 aromatic rings. The molecule has 0 saturated heterocycles. The van der Waals surface area contributed by atoms with Crippen molar-refractivity contribution in [3.8, 4) is 0 Å². The average Bonchev–Trinajstić information content (AvgIpc) is 3.53. The van der Waals surface area contributed by atoms with Gasteiger partial charge in [-0.1, -0.05) is 12.1 Å². The van der Waals surface area contributed by atoms with E-state index >= 15 is 0 Å². The van der Waals surface area contributed by atoms with E-state index < -0.39 is 30.5 Å². The highest BCUT2D eigenvalue weighted by Crippen LogP contribution is 2.42. The topological polar surface area (TPSA) is 101 Å². The second kappa shape index (κ2) is 10.2. The van der Waals surface area contributed by atoms with Gasteiger partial charge in [0, 0.05) is 19.7 Å². The van der Waals surface area contributed by atoms with Crippen LogP contribution < -0.4 is 10.6 Å². The Labute approximate surface area is 173 Å². The van der Waals surface area contributed by atoms with Crippen LogP contribution in [-0.4, -0.2) is 48.8 Å². The highest BCUT2D eigenvalue weighted by atomic mass is 19.3. The van der Waals surface area contributed by atoms with E-state index in [4.69, 9.17) is 5.41 Å². The molecule has 4 N–H and O–H groups in total. The van der Waals surface area contributed by atoms with Crippen molar-refractivity contribution in [3.63, 3.8) is 0 Å². The monoisotopic (exact) mass is 425 g/mol. The zero-order valence-electron chi connectivity index (χ0n) is 17.0. The molecule has 30 heavy (non-hydrogen) atoms. The molecule has 164 valence electrons. The Hall–Kier alpha value is -2.88. The van der Waals surface area contributed by atoms with Crippen LogP contribution in [0, 0.1) is 17.1 Å². The fraction of sp³-hybridized carbons (Fsp3) is 0.450. The quantitative estimate of drug-likeness (QED) is 0.278. The summed E-state index contributed by atoms with van der Waals surface area (Å²) in [6, 6.07) is 3.17. The number of hydrogen-bond donors (Lipinski definition) is 4. The van der Waals surface area contributed by atoms with E-state index in [0.717, 1.165) is 25.0 Å². The molecule has 1 aliphatic rings. The minimum atomic E-state index is -2.91. The smallest absolute Gasteiger partial charge is 0.266 e. The molecule has 1 saturated carbocycles. The highest BCUT2D eigenvalue weighted by Gasteiger charge is 2.34. The van der Waals surface area contributed by atoms with E-state index in [2.05, 4.69) is 15.6 Å². The Morgan fingerprint density at radius 3 is 2.53 bits per heavy atom. The van der Waals surface area contributed by atoms with Gasteiger partial charge in [-0.2, -0.15) is 4.99 Å². The number of carbonyl (C=O) groups excluding carboxylic acids is 1. The molecule has 0 radical (unpaired) electrons. The van der Waals surface area contributed by atoms with Gasteiger partial charge in [-0.05, 0) is 37.3 Å². The maximum absolute atomic E-state index is 14.2. The number of amides is 1. The molecule has 1 atom stereocenters. The Morgan fingerprint density at radius 2 is 2.07 bits per heavy atom. The third-order valence-electron chi connectivity index (χ3n) is 4.80. The second-order valence-corrected chi connectivity index (χ2v) is 7.24. The fourth-order valence-electron chi connectivity index (χ4n) is 2.87. The third-order valence-corrected chi connectivity index (χ3v) is 4.80. The predicted octanol–water partition coefficient (Wildman–Crippen LogP) is 2.71. The molecular formula is C20H26F3N5O2. The SMILES string of the molecule is C/C(C(=N)CO)=C(\N=C(/NC=O)N(C)C)NC(c1ccc(C(F)F)c(F)c1)C1CC1. The molecule has 0 aromatic heterocycles. The van der Waals surface area contributed by atoms with E-state index in [1.165, 1.54) is 6.07 Å². The number of aliphatic imine (C=N–C) groups is 1. The Morgan fingerprint density at radius 1 is 1.40 bits per heavy atom. The van der Waals surface area contributed by atoms with Gasteiger partial charge < -0.3 is 20.7 Å². The lowest BCUT2D eigenvalue weighted by molar-refractivity contribution is -0.108. The van der Waals surface area contributed by atoms with Crippen LogP contribution >= 0.6 is 0 Å². The van der Waals surface area contributed by atoms with Crippen molar-refractivity contribution in [3.05, 3.63) is 46.5 Å². The molecule has 0 spiro atoms. The van der Waals surface area contributed by atoms with E-state index in [-0.39, 0.29) is 23.4 Å². The van der Waals surface area contributed by atoms with E-state index in [9.17, 15) is 23.1 Å². The summed E-state index contributed by atoms with van der Waals surface area (Å²) in [5.74, 6) is -0.459. The van der Waals surface area contributed by atoms with Gasteiger partial charge in [0.15, 0.2) is 0 Å². The van der Waals surface area contributed by atoms with Gasteiger partial charge in [-0.15, -0.1) is 0 Å². The zero-order chi connectivity index (χ0) is 22.4. The van der Waals surface area contributed by atoms with Gasteiger partial charge in [0.25, 0.3) is 6.43 Å². The molecule has 1 amide bonds. The molecule has 0 aliphatic heterocycles. The number of alkyl halides is 2. The molecule has 1 aromatic carbocycles. The summed E-state index contributed by atoms with van der Waals surface area (Å²) in [4.78, 5) is 16.8. The van der Waals surface area contributed by atoms with E-state index in [1.807, 2.05) is 0 Å². The molecule has 0 heterocycles. The van der Waals surface area contributed by atoms with Crippen LogP contribution in [-0.2, 0) is 4.79 Å². The molecule has 1 unspecified atom stereocenters. The molecule has 10 heteroatoms. The highest BCUT2D eigenvalue weighted by molar-refractivity contribution is 5.99. The van der Waals surface area contributed by atoms with Crippen molar-refractivity contribution in [1.82, 2.24) is 15.5 Å². The first kappa shape index (κ1) is 23.4. The lowest BCUT2D eigenvalue weighted by Crippen LogP contribution is -2.37. The van der Waals surface area contributed by atoms with Gasteiger partial charge in [0.05, 0.1) is 23.9 Å². The molecular weight excluding hydrogens is 399 g/mol. The molecule has 2 rings (SSSR count). The Kier molecular flexibility index (Phi) is 7.99. The normalized spacial score (nSPS) is 16.1. The largest absolute Gasteiger partial charge is 0.390 e. The van der Waals surface area contributed by atoms with Crippen LogP contribution in [0.15, 0.2) is 34.6 Å². The number of hydrogen-bond acceptors (Lipinski definition) is 5. The number of nitrogens with zero attached hydrogens (tertiary/aromatic N) is 2. The van der Waals surface area contributed by atoms with Crippen molar-refractivity contribution in [2.24, 2.45) is 10.9 Å². The van der Waals surface area contributed by atoms with Crippen LogP contribution in [0.2, 0.25) is 0 Å². The lowest BCUT2D eigenvalue weighted by Gasteiger charge is -2.24. The van der Waals surface area contributed by atoms with Crippen LogP contribution in [0.4, 0.5) is 13.2 Å². The summed E-state index contributed by atoms with van der Waals surface area (Å²) in [5.41, 5.74) is 0.0645. The first-order valence-electron chi connectivity index (χ1n) is 9.39. The Balaban J connectivity index is 2.47. The summed E-state index contributed by atoms with van der Waals surface area (Å²) in [6.45, 7) is 1.07. The van der Waals surface area contributed by atoms with Gasteiger partial charge in [0.1, 0.15) is 11.6 Å². The van der Waals surface area contributed by atoms with E-state index in [0.29, 0.717) is 17.5 Å². The average molecular weight is 425 g/mol. The molecule has 1 aliphatic carbocycles. The number of aliphatic hydroxyl groups is 1. The van der Waals surface area contributed by atoms with Gasteiger partial charge >= 0.3 is 0 Å². The van der Waals surface area contributed by atoms with Crippen LogP contribution in [0.25, 0.3) is 0 Å². The predicted molar refractivity (Wildman–Crippen MR) is 108 cm³/mol. The summed E-state index contributed by atoms with van der Waals surface area (Å²) in [7, 11) is 3.33. The molecule has 7 nitrogen and oxygen atoms in total. The first-order valence-corrected chi connectivity index (χ1v) is 9.39. The zero-order valence-corrected chi connectivity index (χ0v) is 17.0. The fourth-order valence-corrected chi connectivity index (χ4v) is 2.87. The number of nitrogens with one attached hydrogen (secondary N) is 3. The number of halogens is 3. The lowest BCUT2D eigenvalue weighted by atomic mass is 10.00. The molecule has 0 bridgehead atoms. The minimum Gasteiger partial charge on any atom is -0.390 e. The van der Waals surface area contributed by atoms with Crippen molar-refractivity contribution < 1.29 is 23.1 Å². The maximum atomic E-state index is 14.2. The van der Waals surface area contributed by atoms with Crippen molar-refractivity contribution in [1.29, 1.82) is 5.41 Å². The standard InChI is InChI=1S/C20H26F3N5O2/c1-11(16(24)9-29)19(27-20(25-10-30)28(2)3)26-17(12-4-5-12)13-6-7-14(18(22)23)15(21)8-13/h6-8,10,12,17-18,24,26,29H,4-5,9H2,1-3H3,(H,25,27,30)/b19-11+,24-16?. The van der Waals surface area contributed by atoms with Gasteiger partial charge in [0.2, 0.25) is 12.4 Å². The number of rotatable bonds is 9. The number of guanidine groups is 1. The number of aliphatic hydroxyl groups excluding tert-OH is 1. The van der Waals surface area contributed by atoms with Crippen LogP contribution in [0.1, 0.15) is 43.4 Å². The third kappa shape index (κ3) is 5.82. The Bertz CT molecular complexity index is 851. The number of benzene rings is 1. The van der Waals surface area contributed by atoms with Gasteiger partial charge in [-0.3, -0.25) is 10.1 Å². The summed E-state index contributed by atoms with van der Waals surface area (Å²) in [5, 5.41) is 22.9. The van der Waals surface area contributed by atoms with Crippen molar-refractivity contribution in [2.75, 3.05) is 20.7 Å². The maximum Gasteiger partial charge on any atom is 0.266 e. The second-order valence-electron chi connectivity index (χ2n) is 7.24. The minimum absolute atomic E-state index is 0.0840. The number of carbonyl (C=O) groups is 1. The first-order chi connectivity index (χ1) is 14.2. The summed E-state index contributed by atoms with van der Waals surface area (Å²) >= 11 is 0. The summed E-state index contributed by atoms with van der Waals surface area (Å²) in [6.07, 6.45) is -0.733. The summed E-state index contributed by atoms with van der Waals surface area (Å²) < 4.78 is 40.0. The molecule has 1 fully saturated rings. The van der Waals surface area contributed by atoms with Crippen molar-refractivity contribution in [2.45, 2.75) is 32.2 Å². The van der Waals surface area contributed by atoms with Crippen LogP contribution in [0.5, 0.6) is 0 Å².